The third kappa shape index (κ3) is 1.97. The molecule has 4 aromatic rings. The number of rotatable bonds is 3. The fourth-order valence-electron chi connectivity index (χ4n) is 2.67. The number of furan rings is 2. The van der Waals surface area contributed by atoms with E-state index in [1.807, 2.05) is 18.2 Å². The highest BCUT2D eigenvalue weighted by Gasteiger charge is 2.23. The molecule has 4 rings (SSSR count). The highest BCUT2D eigenvalue weighted by molar-refractivity contribution is 6.19. The molecule has 0 spiro atoms. The Morgan fingerprint density at radius 3 is 2.70 bits per heavy atom. The van der Waals surface area contributed by atoms with E-state index >= 15 is 0 Å². The third-order valence-electron chi connectivity index (χ3n) is 3.87. The van der Waals surface area contributed by atoms with E-state index < -0.39 is 0 Å². The molecule has 2 N–H and O–H groups in total. The molecule has 0 saturated heterocycles. The summed E-state index contributed by atoms with van der Waals surface area (Å²) >= 11 is 0. The number of ether oxygens (including phenoxy) is 1. The number of carbonyl (C=O) groups excluding carboxylic acids is 1. The van der Waals surface area contributed by atoms with Crippen molar-refractivity contribution in [3.63, 3.8) is 0 Å². The molecule has 2 aromatic carbocycles. The van der Waals surface area contributed by atoms with Gasteiger partial charge >= 0.3 is 0 Å². The minimum atomic E-state index is -0.314. The maximum absolute atomic E-state index is 12.8. The maximum atomic E-state index is 12.8. The molecule has 2 heterocycles. The Hall–Kier alpha value is -3.21. The van der Waals surface area contributed by atoms with Gasteiger partial charge in [-0.15, -0.1) is 0 Å². The number of para-hydroxylation sites is 1. The zero-order valence-corrected chi connectivity index (χ0v) is 12.3. The number of nitrogen functional groups attached to an aromatic ring is 1. The Kier molecular flexibility index (Phi) is 2.87. The van der Waals surface area contributed by atoms with Crippen LogP contribution in [0.4, 0.5) is 5.69 Å². The first-order chi connectivity index (χ1) is 11.2. The molecule has 0 aliphatic heterocycles. The van der Waals surface area contributed by atoms with Crippen LogP contribution in [-0.4, -0.2) is 12.9 Å². The molecule has 5 heteroatoms. The summed E-state index contributed by atoms with van der Waals surface area (Å²) in [5.41, 5.74) is 7.99. The minimum absolute atomic E-state index is 0.122. The van der Waals surface area contributed by atoms with Gasteiger partial charge in [0.15, 0.2) is 5.76 Å². The van der Waals surface area contributed by atoms with E-state index in [0.29, 0.717) is 33.6 Å². The molecule has 0 fully saturated rings. The first kappa shape index (κ1) is 13.5. The second-order valence-corrected chi connectivity index (χ2v) is 5.18. The van der Waals surface area contributed by atoms with Crippen LogP contribution in [-0.2, 0) is 0 Å². The van der Waals surface area contributed by atoms with Crippen LogP contribution >= 0.6 is 0 Å². The normalized spacial score (nSPS) is 11.2. The average molecular weight is 307 g/mol. The third-order valence-corrected chi connectivity index (χ3v) is 3.87. The first-order valence-electron chi connectivity index (χ1n) is 7.06. The molecule has 0 bridgehead atoms. The number of nitrogens with two attached hydrogens (primary N) is 1. The zero-order valence-electron chi connectivity index (χ0n) is 12.3. The molecule has 0 atom stereocenters. The SMILES string of the molecule is COc1ccc2occ(C(=O)c3oc4ccccc4c3N)c2c1. The molecule has 0 radical (unpaired) electrons. The molecule has 5 nitrogen and oxygen atoms in total. The smallest absolute Gasteiger partial charge is 0.234 e. The molecule has 0 unspecified atom stereocenters. The maximum Gasteiger partial charge on any atom is 0.234 e. The molecule has 114 valence electrons. The Bertz CT molecular complexity index is 1040. The quantitative estimate of drug-likeness (QED) is 0.579. The van der Waals surface area contributed by atoms with E-state index in [-0.39, 0.29) is 11.5 Å². The number of carbonyl (C=O) groups is 1. The second kappa shape index (κ2) is 4.91. The number of anilines is 1. The summed E-state index contributed by atoms with van der Waals surface area (Å²) in [6.45, 7) is 0. The standard InChI is InChI=1S/C18H13NO4/c1-21-10-6-7-14-12(8-10)13(9-22-14)17(20)18-16(19)11-4-2-3-5-15(11)23-18/h2-9H,19H2,1H3. The van der Waals surface area contributed by atoms with Crippen molar-refractivity contribution in [2.24, 2.45) is 0 Å². The molecular weight excluding hydrogens is 294 g/mol. The van der Waals surface area contributed by atoms with E-state index in [1.54, 1.807) is 31.4 Å². The summed E-state index contributed by atoms with van der Waals surface area (Å²) in [4.78, 5) is 12.8. The van der Waals surface area contributed by atoms with E-state index in [1.165, 1.54) is 6.26 Å². The van der Waals surface area contributed by atoms with Crippen molar-refractivity contribution in [2.75, 3.05) is 12.8 Å². The van der Waals surface area contributed by atoms with Crippen molar-refractivity contribution in [1.29, 1.82) is 0 Å². The van der Waals surface area contributed by atoms with Gasteiger partial charge in [0, 0.05) is 10.8 Å². The lowest BCUT2D eigenvalue weighted by molar-refractivity contribution is 0.101. The van der Waals surface area contributed by atoms with Crippen LogP contribution in [0.5, 0.6) is 5.75 Å². The molecule has 23 heavy (non-hydrogen) atoms. The number of hydrogen-bond donors (Lipinski definition) is 1. The van der Waals surface area contributed by atoms with Crippen LogP contribution in [0.1, 0.15) is 16.1 Å². The summed E-state index contributed by atoms with van der Waals surface area (Å²) in [6, 6.07) is 12.6. The number of ketones is 1. The van der Waals surface area contributed by atoms with Gasteiger partial charge in [0.1, 0.15) is 23.2 Å². The van der Waals surface area contributed by atoms with Gasteiger partial charge < -0.3 is 19.3 Å². The molecular formula is C18H13NO4. The Balaban J connectivity index is 1.89. The van der Waals surface area contributed by atoms with Gasteiger partial charge in [-0.25, -0.2) is 0 Å². The molecule has 2 aromatic heterocycles. The van der Waals surface area contributed by atoms with Crippen LogP contribution in [0, 0.1) is 0 Å². The molecule has 0 aliphatic rings. The van der Waals surface area contributed by atoms with Crippen molar-refractivity contribution >= 4 is 33.4 Å². The summed E-state index contributed by atoms with van der Waals surface area (Å²) < 4.78 is 16.3. The first-order valence-corrected chi connectivity index (χ1v) is 7.06. The molecule has 0 saturated carbocycles. The summed E-state index contributed by atoms with van der Waals surface area (Å²) in [5, 5.41) is 1.38. The van der Waals surface area contributed by atoms with Crippen LogP contribution in [0.3, 0.4) is 0 Å². The Morgan fingerprint density at radius 2 is 1.91 bits per heavy atom. The highest BCUT2D eigenvalue weighted by Crippen LogP contribution is 2.33. The molecule has 0 aliphatic carbocycles. The number of methoxy groups -OCH3 is 1. The van der Waals surface area contributed by atoms with Gasteiger partial charge in [0.05, 0.1) is 18.4 Å². The topological polar surface area (TPSA) is 78.6 Å². The summed E-state index contributed by atoms with van der Waals surface area (Å²) in [7, 11) is 1.57. The summed E-state index contributed by atoms with van der Waals surface area (Å²) in [5.74, 6) is 0.452. The lowest BCUT2D eigenvalue weighted by Gasteiger charge is -2.00. The highest BCUT2D eigenvalue weighted by atomic mass is 16.5. The van der Waals surface area contributed by atoms with Crippen molar-refractivity contribution < 1.29 is 18.4 Å². The lowest BCUT2D eigenvalue weighted by atomic mass is 10.1. The minimum Gasteiger partial charge on any atom is -0.497 e. The Labute approximate surface area is 131 Å². The number of benzene rings is 2. The Morgan fingerprint density at radius 1 is 1.09 bits per heavy atom. The van der Waals surface area contributed by atoms with Gasteiger partial charge in [0.2, 0.25) is 5.78 Å². The fraction of sp³-hybridized carbons (Fsp3) is 0.0556. The predicted molar refractivity (Wildman–Crippen MR) is 86.8 cm³/mol. The largest absolute Gasteiger partial charge is 0.497 e. The van der Waals surface area contributed by atoms with Crippen molar-refractivity contribution in [1.82, 2.24) is 0 Å². The van der Waals surface area contributed by atoms with Gasteiger partial charge in [-0.1, -0.05) is 12.1 Å². The zero-order chi connectivity index (χ0) is 16.0. The number of hydrogen-bond acceptors (Lipinski definition) is 5. The van der Waals surface area contributed by atoms with Crippen molar-refractivity contribution in [3.05, 3.63) is 60.1 Å². The van der Waals surface area contributed by atoms with E-state index in [0.717, 1.165) is 5.39 Å². The van der Waals surface area contributed by atoms with Gasteiger partial charge in [-0.2, -0.15) is 0 Å². The van der Waals surface area contributed by atoms with Crippen LogP contribution < -0.4 is 10.5 Å². The van der Waals surface area contributed by atoms with Crippen LogP contribution in [0.15, 0.2) is 57.6 Å². The summed E-state index contributed by atoms with van der Waals surface area (Å²) in [6.07, 6.45) is 1.42. The van der Waals surface area contributed by atoms with E-state index in [9.17, 15) is 4.79 Å². The van der Waals surface area contributed by atoms with E-state index in [2.05, 4.69) is 0 Å². The fourth-order valence-corrected chi connectivity index (χ4v) is 2.67. The molecule has 0 amide bonds. The monoisotopic (exact) mass is 307 g/mol. The van der Waals surface area contributed by atoms with Crippen molar-refractivity contribution in [2.45, 2.75) is 0 Å². The van der Waals surface area contributed by atoms with Crippen LogP contribution in [0.25, 0.3) is 21.9 Å². The second-order valence-electron chi connectivity index (χ2n) is 5.18. The van der Waals surface area contributed by atoms with Gasteiger partial charge in [0.25, 0.3) is 0 Å². The van der Waals surface area contributed by atoms with Crippen LogP contribution in [0.2, 0.25) is 0 Å². The number of fused-ring (bicyclic) bond motifs is 2. The predicted octanol–water partition coefficient (Wildman–Crippen LogP) is 4.00. The van der Waals surface area contributed by atoms with Gasteiger partial charge in [-0.3, -0.25) is 4.79 Å². The lowest BCUT2D eigenvalue weighted by Crippen LogP contribution is -2.02. The van der Waals surface area contributed by atoms with E-state index in [4.69, 9.17) is 19.3 Å². The average Bonchev–Trinajstić information content (AvgIpc) is 3.15. The van der Waals surface area contributed by atoms with Gasteiger partial charge in [-0.05, 0) is 30.3 Å². The van der Waals surface area contributed by atoms with Crippen molar-refractivity contribution in [3.8, 4) is 5.75 Å².